The standard InChI is InChI=1S/C10H10F3NO3/c1-3-17-10(15)6-4-5(7(11)12)9(16-2)14-8(6)13/h4,7H,3H2,1-2H3. The molecule has 1 heterocycles. The van der Waals surface area contributed by atoms with E-state index in [1.807, 2.05) is 0 Å². The van der Waals surface area contributed by atoms with Crippen LogP contribution in [0.15, 0.2) is 6.07 Å². The fourth-order valence-electron chi connectivity index (χ4n) is 1.16. The molecule has 0 aliphatic carbocycles. The van der Waals surface area contributed by atoms with Crippen LogP contribution < -0.4 is 4.74 Å². The Bertz CT molecular complexity index is 424. The number of carbonyl (C=O) groups is 1. The zero-order valence-electron chi connectivity index (χ0n) is 9.17. The molecular formula is C10H10F3NO3. The van der Waals surface area contributed by atoms with E-state index in [9.17, 15) is 18.0 Å². The summed E-state index contributed by atoms with van der Waals surface area (Å²) >= 11 is 0. The summed E-state index contributed by atoms with van der Waals surface area (Å²) in [5.74, 6) is -2.79. The van der Waals surface area contributed by atoms with Crippen molar-refractivity contribution in [2.24, 2.45) is 0 Å². The van der Waals surface area contributed by atoms with E-state index >= 15 is 0 Å². The van der Waals surface area contributed by atoms with Crippen molar-refractivity contribution in [2.75, 3.05) is 13.7 Å². The van der Waals surface area contributed by atoms with Crippen LogP contribution in [0.2, 0.25) is 0 Å². The third kappa shape index (κ3) is 2.86. The zero-order chi connectivity index (χ0) is 13.0. The number of aromatic nitrogens is 1. The molecule has 0 fully saturated rings. The second kappa shape index (κ2) is 5.51. The Labute approximate surface area is 95.4 Å². The van der Waals surface area contributed by atoms with Gasteiger partial charge in [-0.25, -0.2) is 13.6 Å². The van der Waals surface area contributed by atoms with Gasteiger partial charge >= 0.3 is 5.97 Å². The summed E-state index contributed by atoms with van der Waals surface area (Å²) in [6.45, 7) is 1.52. The van der Waals surface area contributed by atoms with Gasteiger partial charge in [0.05, 0.1) is 19.3 Å². The fourth-order valence-corrected chi connectivity index (χ4v) is 1.16. The molecule has 0 radical (unpaired) electrons. The Hall–Kier alpha value is -1.79. The van der Waals surface area contributed by atoms with Crippen LogP contribution in [0, 0.1) is 5.95 Å². The lowest BCUT2D eigenvalue weighted by atomic mass is 10.2. The third-order valence-corrected chi connectivity index (χ3v) is 1.89. The molecule has 0 unspecified atom stereocenters. The van der Waals surface area contributed by atoms with Crippen molar-refractivity contribution in [3.05, 3.63) is 23.1 Å². The Morgan fingerprint density at radius 3 is 2.65 bits per heavy atom. The van der Waals surface area contributed by atoms with Crippen molar-refractivity contribution in [1.29, 1.82) is 0 Å². The topological polar surface area (TPSA) is 48.4 Å². The second-order valence-electron chi connectivity index (χ2n) is 2.95. The van der Waals surface area contributed by atoms with Gasteiger partial charge in [-0.15, -0.1) is 0 Å². The molecule has 0 bridgehead atoms. The van der Waals surface area contributed by atoms with Gasteiger partial charge in [-0.2, -0.15) is 9.37 Å². The number of pyridine rings is 1. The third-order valence-electron chi connectivity index (χ3n) is 1.89. The molecule has 17 heavy (non-hydrogen) atoms. The lowest BCUT2D eigenvalue weighted by Gasteiger charge is -2.09. The first-order chi connectivity index (χ1) is 8.01. The molecule has 0 atom stereocenters. The maximum atomic E-state index is 13.3. The van der Waals surface area contributed by atoms with Gasteiger partial charge in [-0.3, -0.25) is 0 Å². The molecule has 4 nitrogen and oxygen atoms in total. The molecule has 0 saturated carbocycles. The Balaban J connectivity index is 3.24. The SMILES string of the molecule is CCOC(=O)c1cc(C(F)F)c(OC)nc1F. The van der Waals surface area contributed by atoms with Crippen molar-refractivity contribution in [3.8, 4) is 5.88 Å². The number of rotatable bonds is 4. The lowest BCUT2D eigenvalue weighted by Crippen LogP contribution is -2.11. The quantitative estimate of drug-likeness (QED) is 0.607. The van der Waals surface area contributed by atoms with Gasteiger partial charge in [-0.1, -0.05) is 0 Å². The van der Waals surface area contributed by atoms with Crippen LogP contribution in [0.4, 0.5) is 13.2 Å². The van der Waals surface area contributed by atoms with Crippen molar-refractivity contribution < 1.29 is 27.4 Å². The molecule has 0 saturated heterocycles. The predicted octanol–water partition coefficient (Wildman–Crippen LogP) is 2.34. The van der Waals surface area contributed by atoms with E-state index in [0.29, 0.717) is 6.07 Å². The minimum Gasteiger partial charge on any atom is -0.481 e. The normalized spacial score (nSPS) is 10.5. The highest BCUT2D eigenvalue weighted by Gasteiger charge is 2.23. The largest absolute Gasteiger partial charge is 0.481 e. The van der Waals surface area contributed by atoms with E-state index in [4.69, 9.17) is 0 Å². The number of carbonyl (C=O) groups excluding carboxylic acids is 1. The highest BCUT2D eigenvalue weighted by molar-refractivity contribution is 5.89. The Morgan fingerprint density at radius 2 is 2.18 bits per heavy atom. The highest BCUT2D eigenvalue weighted by atomic mass is 19.3. The number of alkyl halides is 2. The summed E-state index contributed by atoms with van der Waals surface area (Å²) in [6, 6.07) is 0.684. The number of ether oxygens (including phenoxy) is 2. The van der Waals surface area contributed by atoms with Gasteiger partial charge in [0.1, 0.15) is 5.56 Å². The van der Waals surface area contributed by atoms with Gasteiger partial charge in [0.2, 0.25) is 11.8 Å². The average molecular weight is 249 g/mol. The lowest BCUT2D eigenvalue weighted by molar-refractivity contribution is 0.0519. The van der Waals surface area contributed by atoms with E-state index in [1.54, 1.807) is 0 Å². The van der Waals surface area contributed by atoms with Crippen LogP contribution in [0.5, 0.6) is 5.88 Å². The minimum atomic E-state index is -2.92. The molecule has 7 heteroatoms. The van der Waals surface area contributed by atoms with Crippen LogP contribution in [0.1, 0.15) is 29.3 Å². The molecule has 0 aliphatic heterocycles. The van der Waals surface area contributed by atoms with Gasteiger partial charge in [0, 0.05) is 0 Å². The molecule has 1 aromatic heterocycles. The molecule has 0 N–H and O–H groups in total. The molecule has 0 aromatic carbocycles. The number of methoxy groups -OCH3 is 1. The summed E-state index contributed by atoms with van der Waals surface area (Å²) < 4.78 is 47.5. The molecule has 94 valence electrons. The molecule has 0 spiro atoms. The zero-order valence-corrected chi connectivity index (χ0v) is 9.17. The molecular weight excluding hydrogens is 239 g/mol. The van der Waals surface area contributed by atoms with Crippen LogP contribution in [0.25, 0.3) is 0 Å². The molecule has 0 amide bonds. The number of esters is 1. The molecule has 1 aromatic rings. The Morgan fingerprint density at radius 1 is 1.53 bits per heavy atom. The maximum absolute atomic E-state index is 13.3. The number of hydrogen-bond donors (Lipinski definition) is 0. The van der Waals surface area contributed by atoms with Crippen molar-refractivity contribution in [1.82, 2.24) is 4.98 Å². The first-order valence-electron chi connectivity index (χ1n) is 4.71. The minimum absolute atomic E-state index is 0.00825. The van der Waals surface area contributed by atoms with Crippen molar-refractivity contribution in [3.63, 3.8) is 0 Å². The highest BCUT2D eigenvalue weighted by Crippen LogP contribution is 2.29. The van der Waals surface area contributed by atoms with Gasteiger partial charge in [-0.05, 0) is 13.0 Å². The van der Waals surface area contributed by atoms with Crippen LogP contribution in [-0.2, 0) is 4.74 Å². The first-order valence-corrected chi connectivity index (χ1v) is 4.71. The van der Waals surface area contributed by atoms with Crippen molar-refractivity contribution in [2.45, 2.75) is 13.3 Å². The van der Waals surface area contributed by atoms with Crippen molar-refractivity contribution >= 4 is 5.97 Å². The first kappa shape index (κ1) is 13.3. The van der Waals surface area contributed by atoms with E-state index in [-0.39, 0.29) is 6.61 Å². The van der Waals surface area contributed by atoms with E-state index in [2.05, 4.69) is 14.5 Å². The monoisotopic (exact) mass is 249 g/mol. The summed E-state index contributed by atoms with van der Waals surface area (Å²) in [4.78, 5) is 14.4. The number of halogens is 3. The summed E-state index contributed by atoms with van der Waals surface area (Å²) in [5.41, 5.74) is -1.29. The van der Waals surface area contributed by atoms with Gasteiger partial charge in [0.15, 0.2) is 0 Å². The average Bonchev–Trinajstić information content (AvgIpc) is 2.28. The van der Waals surface area contributed by atoms with Gasteiger partial charge in [0.25, 0.3) is 6.43 Å². The van der Waals surface area contributed by atoms with E-state index < -0.39 is 35.3 Å². The van der Waals surface area contributed by atoms with Crippen LogP contribution in [0.3, 0.4) is 0 Å². The van der Waals surface area contributed by atoms with Crippen LogP contribution in [-0.4, -0.2) is 24.7 Å². The summed E-state index contributed by atoms with van der Waals surface area (Å²) in [6.07, 6.45) is -2.92. The Kier molecular flexibility index (Phi) is 4.30. The fraction of sp³-hybridized carbons (Fsp3) is 0.400. The number of hydrogen-bond acceptors (Lipinski definition) is 4. The predicted molar refractivity (Wildman–Crippen MR) is 51.7 cm³/mol. The van der Waals surface area contributed by atoms with E-state index in [1.165, 1.54) is 6.92 Å². The molecule has 0 aliphatic rings. The van der Waals surface area contributed by atoms with Crippen LogP contribution >= 0.6 is 0 Å². The smallest absolute Gasteiger partial charge is 0.342 e. The maximum Gasteiger partial charge on any atom is 0.342 e. The molecule has 1 rings (SSSR count). The summed E-state index contributed by atoms with van der Waals surface area (Å²) in [7, 11) is 1.08. The van der Waals surface area contributed by atoms with Gasteiger partial charge < -0.3 is 9.47 Å². The number of nitrogens with zero attached hydrogens (tertiary/aromatic N) is 1. The second-order valence-corrected chi connectivity index (χ2v) is 2.95. The van der Waals surface area contributed by atoms with E-state index in [0.717, 1.165) is 7.11 Å². The summed E-state index contributed by atoms with van der Waals surface area (Å²) in [5, 5.41) is 0.